The highest BCUT2D eigenvalue weighted by atomic mass is 32.2. The predicted octanol–water partition coefficient (Wildman–Crippen LogP) is 3.17. The van der Waals surface area contributed by atoms with Gasteiger partial charge in [-0.3, -0.25) is 14.6 Å². The number of thioether (sulfide) groups is 1. The van der Waals surface area contributed by atoms with Gasteiger partial charge in [-0.15, -0.1) is 0 Å². The number of anilines is 1. The highest BCUT2D eigenvalue weighted by Gasteiger charge is 2.21. The number of benzene rings is 1. The molecule has 0 atom stereocenters. The molecule has 24 heavy (non-hydrogen) atoms. The summed E-state index contributed by atoms with van der Waals surface area (Å²) in [6.45, 7) is 1.22. The second-order valence-corrected chi connectivity index (χ2v) is 6.67. The third-order valence-corrected chi connectivity index (χ3v) is 4.74. The summed E-state index contributed by atoms with van der Waals surface area (Å²) in [5.41, 5.74) is 3.16. The zero-order valence-corrected chi connectivity index (χ0v) is 14.1. The van der Waals surface area contributed by atoms with E-state index in [1.54, 1.807) is 17.3 Å². The van der Waals surface area contributed by atoms with Crippen LogP contribution in [0.3, 0.4) is 0 Å². The van der Waals surface area contributed by atoms with Crippen LogP contribution in [0.1, 0.15) is 17.5 Å². The highest BCUT2D eigenvalue weighted by molar-refractivity contribution is 8.13. The first-order valence-corrected chi connectivity index (χ1v) is 8.89. The Kier molecular flexibility index (Phi) is 5.48. The molecule has 124 valence electrons. The van der Waals surface area contributed by atoms with Crippen molar-refractivity contribution >= 4 is 28.6 Å². The number of rotatable bonds is 6. The quantitative estimate of drug-likeness (QED) is 0.877. The van der Waals surface area contributed by atoms with Crippen LogP contribution in [0.2, 0.25) is 0 Å². The molecule has 0 unspecified atom stereocenters. The Balaban J connectivity index is 1.48. The second kappa shape index (κ2) is 7.97. The molecule has 2 heterocycles. The molecule has 0 aliphatic carbocycles. The van der Waals surface area contributed by atoms with Crippen molar-refractivity contribution in [2.45, 2.75) is 12.8 Å². The summed E-state index contributed by atoms with van der Waals surface area (Å²) in [7, 11) is 0. The molecular weight excluding hydrogens is 322 g/mol. The van der Waals surface area contributed by atoms with Gasteiger partial charge in [-0.25, -0.2) is 0 Å². The molecule has 1 aromatic carbocycles. The van der Waals surface area contributed by atoms with Gasteiger partial charge in [0.15, 0.2) is 0 Å². The lowest BCUT2D eigenvalue weighted by atomic mass is 10.1. The average Bonchev–Trinajstić information content (AvgIpc) is 3.01. The zero-order valence-electron chi connectivity index (χ0n) is 13.3. The van der Waals surface area contributed by atoms with Crippen molar-refractivity contribution in [3.05, 3.63) is 59.9 Å². The summed E-state index contributed by atoms with van der Waals surface area (Å²) in [6, 6.07) is 11.8. The van der Waals surface area contributed by atoms with E-state index in [9.17, 15) is 9.59 Å². The first-order chi connectivity index (χ1) is 11.7. The molecule has 0 bridgehead atoms. The van der Waals surface area contributed by atoms with Gasteiger partial charge in [0.1, 0.15) is 0 Å². The molecule has 0 spiro atoms. The number of carbonyl (C=O) groups is 2. The minimum absolute atomic E-state index is 0.0680. The molecular formula is C18H19N3O2S. The summed E-state index contributed by atoms with van der Waals surface area (Å²) in [6.07, 6.45) is 4.73. The first kappa shape index (κ1) is 16.5. The van der Waals surface area contributed by atoms with Crippen molar-refractivity contribution in [1.82, 2.24) is 9.88 Å². The van der Waals surface area contributed by atoms with E-state index in [1.165, 1.54) is 22.9 Å². The fourth-order valence-electron chi connectivity index (χ4n) is 2.53. The number of nitrogens with zero attached hydrogens (tertiary/aromatic N) is 2. The van der Waals surface area contributed by atoms with Gasteiger partial charge in [0.05, 0.1) is 0 Å². The number of carbonyl (C=O) groups excluding carboxylic acids is 2. The Hall–Kier alpha value is -2.34. The third-order valence-electron chi connectivity index (χ3n) is 3.85. The predicted molar refractivity (Wildman–Crippen MR) is 96.2 cm³/mol. The molecule has 2 amide bonds. The standard InChI is InChI=1S/C18H19N3O2S/c22-17(7-10-21-11-12-24-18(21)23)20-16-3-1-14(2-4-16)13-15-5-8-19-9-6-15/h1-6,8-9H,7,10-13H2,(H,20,22). The van der Waals surface area contributed by atoms with E-state index in [4.69, 9.17) is 0 Å². The van der Waals surface area contributed by atoms with Crippen LogP contribution in [0.4, 0.5) is 10.5 Å². The van der Waals surface area contributed by atoms with Crippen molar-refractivity contribution in [3.63, 3.8) is 0 Å². The Bertz CT molecular complexity index is 704. The monoisotopic (exact) mass is 341 g/mol. The van der Waals surface area contributed by atoms with Crippen LogP contribution in [-0.2, 0) is 11.2 Å². The number of hydrogen-bond acceptors (Lipinski definition) is 4. The Labute approximate surface area is 145 Å². The summed E-state index contributed by atoms with van der Waals surface area (Å²) in [4.78, 5) is 29.2. The van der Waals surface area contributed by atoms with Crippen LogP contribution in [0.15, 0.2) is 48.8 Å². The Morgan fingerprint density at radius 1 is 1.12 bits per heavy atom. The molecule has 2 aromatic rings. The molecule has 1 aliphatic rings. The highest BCUT2D eigenvalue weighted by Crippen LogP contribution is 2.17. The van der Waals surface area contributed by atoms with Gasteiger partial charge in [0, 0.05) is 43.3 Å². The van der Waals surface area contributed by atoms with Crippen LogP contribution in [0, 0.1) is 0 Å². The molecule has 6 heteroatoms. The lowest BCUT2D eigenvalue weighted by Gasteiger charge is -2.14. The lowest BCUT2D eigenvalue weighted by Crippen LogP contribution is -2.27. The van der Waals surface area contributed by atoms with E-state index in [2.05, 4.69) is 10.3 Å². The van der Waals surface area contributed by atoms with Crippen LogP contribution in [-0.4, -0.2) is 39.9 Å². The molecule has 5 nitrogen and oxygen atoms in total. The van der Waals surface area contributed by atoms with Gasteiger partial charge in [0.2, 0.25) is 5.91 Å². The molecule has 1 N–H and O–H groups in total. The normalized spacial score (nSPS) is 14.0. The van der Waals surface area contributed by atoms with Gasteiger partial charge in [0.25, 0.3) is 5.24 Å². The zero-order chi connectivity index (χ0) is 16.8. The summed E-state index contributed by atoms with van der Waals surface area (Å²) < 4.78 is 0. The van der Waals surface area contributed by atoms with Crippen LogP contribution < -0.4 is 5.32 Å². The number of aromatic nitrogens is 1. The SMILES string of the molecule is O=C(CCN1CCSC1=O)Nc1ccc(Cc2ccncc2)cc1. The molecule has 1 fully saturated rings. The fraction of sp³-hybridized carbons (Fsp3) is 0.278. The van der Waals surface area contributed by atoms with E-state index in [0.717, 1.165) is 24.4 Å². The summed E-state index contributed by atoms with van der Waals surface area (Å²) in [5.74, 6) is 0.751. The Morgan fingerprint density at radius 3 is 2.50 bits per heavy atom. The molecule has 1 aromatic heterocycles. The van der Waals surface area contributed by atoms with Gasteiger partial charge in [-0.05, 0) is 41.8 Å². The average molecular weight is 341 g/mol. The number of amides is 2. The smallest absolute Gasteiger partial charge is 0.281 e. The minimum atomic E-state index is -0.0680. The van der Waals surface area contributed by atoms with E-state index in [-0.39, 0.29) is 11.1 Å². The van der Waals surface area contributed by atoms with Crippen molar-refractivity contribution in [2.75, 3.05) is 24.2 Å². The van der Waals surface area contributed by atoms with Crippen molar-refractivity contribution in [3.8, 4) is 0 Å². The van der Waals surface area contributed by atoms with Gasteiger partial charge >= 0.3 is 0 Å². The fourth-order valence-corrected chi connectivity index (χ4v) is 3.38. The van der Waals surface area contributed by atoms with Gasteiger partial charge in [-0.1, -0.05) is 23.9 Å². The first-order valence-electron chi connectivity index (χ1n) is 7.90. The van der Waals surface area contributed by atoms with Crippen LogP contribution in [0.5, 0.6) is 0 Å². The maximum atomic E-state index is 12.0. The Morgan fingerprint density at radius 2 is 1.83 bits per heavy atom. The van der Waals surface area contributed by atoms with Crippen molar-refractivity contribution < 1.29 is 9.59 Å². The topological polar surface area (TPSA) is 62.3 Å². The molecule has 1 aliphatic heterocycles. The summed E-state index contributed by atoms with van der Waals surface area (Å²) >= 11 is 1.31. The van der Waals surface area contributed by atoms with Gasteiger partial charge < -0.3 is 10.2 Å². The third kappa shape index (κ3) is 4.58. The molecule has 3 rings (SSSR count). The van der Waals surface area contributed by atoms with E-state index in [0.29, 0.717) is 13.0 Å². The largest absolute Gasteiger partial charge is 0.332 e. The molecule has 0 radical (unpaired) electrons. The second-order valence-electron chi connectivity index (χ2n) is 5.63. The minimum Gasteiger partial charge on any atom is -0.332 e. The van der Waals surface area contributed by atoms with Crippen molar-refractivity contribution in [1.29, 1.82) is 0 Å². The molecule has 0 saturated carbocycles. The van der Waals surface area contributed by atoms with Crippen LogP contribution in [0.25, 0.3) is 0 Å². The molecule has 1 saturated heterocycles. The van der Waals surface area contributed by atoms with E-state index < -0.39 is 0 Å². The maximum Gasteiger partial charge on any atom is 0.281 e. The maximum absolute atomic E-state index is 12.0. The van der Waals surface area contributed by atoms with Crippen LogP contribution >= 0.6 is 11.8 Å². The lowest BCUT2D eigenvalue weighted by molar-refractivity contribution is -0.116. The van der Waals surface area contributed by atoms with Crippen molar-refractivity contribution in [2.24, 2.45) is 0 Å². The summed E-state index contributed by atoms with van der Waals surface area (Å²) in [5, 5.41) is 2.95. The number of pyridine rings is 1. The van der Waals surface area contributed by atoms with E-state index >= 15 is 0 Å². The number of hydrogen-bond donors (Lipinski definition) is 1. The number of nitrogens with one attached hydrogen (secondary N) is 1. The van der Waals surface area contributed by atoms with Gasteiger partial charge in [-0.2, -0.15) is 0 Å². The van der Waals surface area contributed by atoms with E-state index in [1.807, 2.05) is 36.4 Å².